The van der Waals surface area contributed by atoms with Gasteiger partial charge in [0.1, 0.15) is 17.5 Å². The fourth-order valence-electron chi connectivity index (χ4n) is 10.1. The number of carbonyl (C=O) groups excluding carboxylic acids is 1. The summed E-state index contributed by atoms with van der Waals surface area (Å²) in [6, 6.07) is 17.6. The Hall–Kier alpha value is -4.29. The molecule has 15 nitrogen and oxygen atoms in total. The molecule has 0 aromatic heterocycles. The van der Waals surface area contributed by atoms with Crippen molar-refractivity contribution in [1.29, 1.82) is 0 Å². The van der Waals surface area contributed by atoms with Crippen LogP contribution >= 0.6 is 11.6 Å². The number of piperazine rings is 1. The molecular weight excluding hydrogens is 856 g/mol. The third-order valence-electron chi connectivity index (χ3n) is 13.8. The number of amides is 1. The van der Waals surface area contributed by atoms with E-state index in [1.807, 2.05) is 24.3 Å². The molecule has 346 valence electrons. The van der Waals surface area contributed by atoms with E-state index in [4.69, 9.17) is 21.1 Å². The van der Waals surface area contributed by atoms with Crippen LogP contribution in [0.4, 0.5) is 17.1 Å². The van der Waals surface area contributed by atoms with Crippen LogP contribution < -0.4 is 30.5 Å². The third-order valence-corrected chi connectivity index (χ3v) is 15.3. The molecule has 3 aromatic rings. The van der Waals surface area contributed by atoms with Gasteiger partial charge in [0.05, 0.1) is 28.6 Å². The maximum Gasteiger partial charge on any atom is 0.293 e. The van der Waals surface area contributed by atoms with E-state index >= 15 is 0 Å². The standard InChI is InChI=1S/C47H63ClN8O7S/c1-32-45-41(51-50-32)6-4-7-43(45)63-44-28-36(55-22-20-54(21-23-55)31-34-16-17-47(2,3)30-39(34)33-8-10-35(48)11-9-33)12-14-38(44)46(57)52-64(60,61)37-13-15-40(42(29-37)56(58)59)49-18-5-19-53-24-26-62-27-25-53/h8-15,28-29,32,41,43,45,49-51H,4-7,16-27,30-31H2,1-3H3,(H,52,57). The lowest BCUT2D eigenvalue weighted by Crippen LogP contribution is -2.47. The van der Waals surface area contributed by atoms with Crippen LogP contribution in [0.2, 0.25) is 5.02 Å². The quantitative estimate of drug-likeness (QED) is 0.0723. The number of nitrogens with one attached hydrogen (secondary N) is 4. The Balaban J connectivity index is 0.979. The number of rotatable bonds is 15. The minimum Gasteiger partial charge on any atom is -0.489 e. The Morgan fingerprint density at radius 1 is 0.984 bits per heavy atom. The average Bonchev–Trinajstić information content (AvgIpc) is 3.67. The van der Waals surface area contributed by atoms with E-state index in [0.29, 0.717) is 25.5 Å². The topological polar surface area (TPSA) is 171 Å². The molecule has 4 unspecified atom stereocenters. The second-order valence-corrected chi connectivity index (χ2v) is 20.9. The lowest BCUT2D eigenvalue weighted by Gasteiger charge is -2.39. The van der Waals surface area contributed by atoms with Crippen LogP contribution in [0, 0.1) is 21.4 Å². The van der Waals surface area contributed by atoms with Crippen LogP contribution in [0.25, 0.3) is 5.57 Å². The summed E-state index contributed by atoms with van der Waals surface area (Å²) in [6.07, 6.45) is 6.50. The van der Waals surface area contributed by atoms with Gasteiger partial charge in [0, 0.05) is 93.2 Å². The van der Waals surface area contributed by atoms with Gasteiger partial charge in [-0.3, -0.25) is 35.6 Å². The maximum absolute atomic E-state index is 14.1. The van der Waals surface area contributed by atoms with E-state index in [1.165, 1.54) is 28.8 Å². The van der Waals surface area contributed by atoms with E-state index in [9.17, 15) is 23.3 Å². The number of morpholine rings is 1. The number of hydrogen-bond acceptors (Lipinski definition) is 13. The van der Waals surface area contributed by atoms with Crippen LogP contribution in [0.15, 0.2) is 71.1 Å². The first-order valence-corrected chi connectivity index (χ1v) is 24.7. The number of allylic oxidation sites excluding steroid dienone is 1. The van der Waals surface area contributed by atoms with Gasteiger partial charge in [-0.1, -0.05) is 43.2 Å². The van der Waals surface area contributed by atoms with Crippen molar-refractivity contribution in [3.05, 3.63) is 92.5 Å². The molecule has 1 amide bonds. The minimum atomic E-state index is -4.52. The van der Waals surface area contributed by atoms with Crippen molar-refractivity contribution in [3.8, 4) is 5.75 Å². The third kappa shape index (κ3) is 11.0. The number of carbonyl (C=O) groups is 1. The molecule has 2 aliphatic carbocycles. The fourth-order valence-corrected chi connectivity index (χ4v) is 11.2. The summed E-state index contributed by atoms with van der Waals surface area (Å²) in [7, 11) is -4.52. The van der Waals surface area contributed by atoms with Gasteiger partial charge in [-0.2, -0.15) is 0 Å². The molecule has 4 fully saturated rings. The van der Waals surface area contributed by atoms with Crippen molar-refractivity contribution in [3.63, 3.8) is 0 Å². The highest BCUT2D eigenvalue weighted by molar-refractivity contribution is 7.90. The molecule has 5 aliphatic rings. The van der Waals surface area contributed by atoms with Crippen molar-refractivity contribution in [2.75, 3.05) is 82.3 Å². The van der Waals surface area contributed by atoms with E-state index in [2.05, 4.69) is 68.5 Å². The summed E-state index contributed by atoms with van der Waals surface area (Å²) in [5.41, 5.74) is 11.9. The maximum atomic E-state index is 14.1. The van der Waals surface area contributed by atoms with Gasteiger partial charge in [-0.15, -0.1) is 0 Å². The van der Waals surface area contributed by atoms with Crippen LogP contribution in [0.3, 0.4) is 0 Å². The molecular formula is C47H63ClN8O7S. The number of hydrogen-bond donors (Lipinski definition) is 4. The Bertz CT molecular complexity index is 2300. The van der Waals surface area contributed by atoms with Crippen LogP contribution in [-0.2, 0) is 14.8 Å². The zero-order valence-electron chi connectivity index (χ0n) is 37.2. The van der Waals surface area contributed by atoms with Crippen molar-refractivity contribution in [2.45, 2.75) is 88.8 Å². The number of fused-ring (bicyclic) bond motifs is 1. The van der Waals surface area contributed by atoms with Crippen molar-refractivity contribution in [1.82, 2.24) is 25.4 Å². The monoisotopic (exact) mass is 918 g/mol. The molecule has 3 aliphatic heterocycles. The zero-order valence-corrected chi connectivity index (χ0v) is 38.8. The summed E-state index contributed by atoms with van der Waals surface area (Å²) < 4.78 is 42.0. The summed E-state index contributed by atoms with van der Waals surface area (Å²) in [5.74, 6) is -0.421. The van der Waals surface area contributed by atoms with E-state index < -0.39 is 26.5 Å². The fraction of sp³-hybridized carbons (Fsp3) is 0.553. The van der Waals surface area contributed by atoms with Gasteiger partial charge in [0.2, 0.25) is 0 Å². The molecule has 64 heavy (non-hydrogen) atoms. The number of anilines is 2. The molecule has 3 heterocycles. The number of ether oxygens (including phenoxy) is 2. The SMILES string of the molecule is CC1NNC2CCCC(Oc3cc(N4CCN(CC5=C(c6ccc(Cl)cc6)CC(C)(C)CC5)CC4)ccc3C(=O)NS(=O)(=O)c3ccc(NCCCN4CCOCC4)c([N+](=O)[O-])c3)C12. The average molecular weight is 920 g/mol. The molecule has 0 bridgehead atoms. The smallest absolute Gasteiger partial charge is 0.293 e. The van der Waals surface area contributed by atoms with Gasteiger partial charge >= 0.3 is 0 Å². The lowest BCUT2D eigenvalue weighted by atomic mass is 9.72. The first kappa shape index (κ1) is 46.2. The largest absolute Gasteiger partial charge is 0.489 e. The zero-order chi connectivity index (χ0) is 45.0. The molecule has 0 radical (unpaired) electrons. The lowest BCUT2D eigenvalue weighted by molar-refractivity contribution is -0.384. The van der Waals surface area contributed by atoms with E-state index in [1.54, 1.807) is 6.07 Å². The van der Waals surface area contributed by atoms with Gasteiger partial charge in [-0.25, -0.2) is 13.1 Å². The van der Waals surface area contributed by atoms with Crippen LogP contribution in [0.5, 0.6) is 5.75 Å². The molecule has 1 saturated carbocycles. The van der Waals surface area contributed by atoms with E-state index in [-0.39, 0.29) is 45.7 Å². The Morgan fingerprint density at radius 3 is 2.50 bits per heavy atom. The normalized spacial score (nSPS) is 24.3. The summed E-state index contributed by atoms with van der Waals surface area (Å²) in [5, 5.41) is 16.0. The minimum absolute atomic E-state index is 0.0783. The van der Waals surface area contributed by atoms with Crippen molar-refractivity contribution in [2.24, 2.45) is 11.3 Å². The highest BCUT2D eigenvalue weighted by Crippen LogP contribution is 2.44. The Labute approximate surface area is 382 Å². The predicted octanol–water partition coefficient (Wildman–Crippen LogP) is 6.70. The van der Waals surface area contributed by atoms with Gasteiger partial charge in [0.15, 0.2) is 0 Å². The van der Waals surface area contributed by atoms with Crippen LogP contribution in [-0.4, -0.2) is 119 Å². The number of nitro groups is 1. The number of hydrazine groups is 1. The van der Waals surface area contributed by atoms with Gasteiger partial charge < -0.3 is 19.7 Å². The molecule has 0 spiro atoms. The Morgan fingerprint density at radius 2 is 1.75 bits per heavy atom. The van der Waals surface area contributed by atoms with E-state index in [0.717, 1.165) is 114 Å². The summed E-state index contributed by atoms with van der Waals surface area (Å²) >= 11 is 6.26. The highest BCUT2D eigenvalue weighted by Gasteiger charge is 2.43. The number of halogens is 1. The first-order valence-electron chi connectivity index (χ1n) is 22.9. The van der Waals surface area contributed by atoms with Crippen molar-refractivity contribution < 1.29 is 27.6 Å². The number of nitro benzene ring substituents is 1. The second kappa shape index (κ2) is 20.1. The molecule has 17 heteroatoms. The summed E-state index contributed by atoms with van der Waals surface area (Å²) in [4.78, 5) is 32.3. The first-order chi connectivity index (χ1) is 30.7. The molecule has 3 saturated heterocycles. The molecule has 4 atom stereocenters. The predicted molar refractivity (Wildman–Crippen MR) is 250 cm³/mol. The molecule has 3 aromatic carbocycles. The molecule has 4 N–H and O–H groups in total. The van der Waals surface area contributed by atoms with Crippen molar-refractivity contribution >= 4 is 50.2 Å². The van der Waals surface area contributed by atoms with Gasteiger partial charge in [0.25, 0.3) is 21.6 Å². The summed E-state index contributed by atoms with van der Waals surface area (Å²) in [6.45, 7) is 15.3. The number of sulfonamides is 1. The number of nitrogens with zero attached hydrogens (tertiary/aromatic N) is 4. The second-order valence-electron chi connectivity index (χ2n) is 18.8. The number of benzene rings is 3. The van der Waals surface area contributed by atoms with Crippen LogP contribution in [0.1, 0.15) is 81.6 Å². The van der Waals surface area contributed by atoms with Gasteiger partial charge in [-0.05, 0) is 111 Å². The highest BCUT2D eigenvalue weighted by atomic mass is 35.5. The Kier molecular flexibility index (Phi) is 14.5. The molecule has 8 rings (SSSR count).